The summed E-state index contributed by atoms with van der Waals surface area (Å²) in [6, 6.07) is 10.9. The van der Waals surface area contributed by atoms with Crippen LogP contribution in [0, 0.1) is 0 Å². The molecule has 2 aromatic carbocycles. The van der Waals surface area contributed by atoms with Crippen LogP contribution < -0.4 is 15.1 Å². The average Bonchev–Trinajstić information content (AvgIpc) is 2.69. The summed E-state index contributed by atoms with van der Waals surface area (Å²) in [7, 11) is 2.02. The van der Waals surface area contributed by atoms with Gasteiger partial charge in [0, 0.05) is 27.8 Å². The number of hydrogen-bond acceptors (Lipinski definition) is 4. The number of likely N-dealkylation sites (N-methyl/N-ethyl adjacent to an activating group) is 1. The lowest BCUT2D eigenvalue weighted by Gasteiger charge is -2.40. The van der Waals surface area contributed by atoms with E-state index in [1.54, 1.807) is 18.2 Å². The quantitative estimate of drug-likeness (QED) is 0.314. The van der Waals surface area contributed by atoms with E-state index >= 15 is 0 Å². The Kier molecular flexibility index (Phi) is 5.77. The number of nitrogens with zero attached hydrogens (tertiary/aromatic N) is 2. The van der Waals surface area contributed by atoms with Crippen LogP contribution in [0.25, 0.3) is 11.6 Å². The first kappa shape index (κ1) is 22.7. The van der Waals surface area contributed by atoms with E-state index in [4.69, 9.17) is 23.8 Å². The van der Waals surface area contributed by atoms with E-state index in [9.17, 15) is 9.59 Å². The monoisotopic (exact) mass is 529 g/mol. The molecule has 1 N–H and O–H groups in total. The van der Waals surface area contributed by atoms with Crippen LogP contribution in [0.3, 0.4) is 0 Å². The van der Waals surface area contributed by atoms with Gasteiger partial charge in [-0.15, -0.1) is 0 Å². The van der Waals surface area contributed by atoms with Crippen molar-refractivity contribution in [3.63, 3.8) is 0 Å². The van der Waals surface area contributed by atoms with Gasteiger partial charge in [0.05, 0.1) is 11.2 Å². The number of allylic oxidation sites excluding steroid dienone is 1. The zero-order chi connectivity index (χ0) is 23.4. The van der Waals surface area contributed by atoms with Gasteiger partial charge in [-0.25, -0.2) is 0 Å². The molecule has 4 rings (SSSR count). The molecule has 8 heteroatoms. The van der Waals surface area contributed by atoms with Gasteiger partial charge in [0.1, 0.15) is 5.57 Å². The lowest BCUT2D eigenvalue weighted by atomic mass is 9.88. The van der Waals surface area contributed by atoms with Crippen LogP contribution in [0.2, 0.25) is 5.02 Å². The molecule has 0 spiro atoms. The minimum atomic E-state index is -0.550. The van der Waals surface area contributed by atoms with Crippen molar-refractivity contribution >= 4 is 79.7 Å². The highest BCUT2D eigenvalue weighted by Gasteiger charge is 2.35. The lowest BCUT2D eigenvalue weighted by molar-refractivity contribution is -0.122. The summed E-state index contributed by atoms with van der Waals surface area (Å²) in [5, 5.41) is 3.10. The SMILES string of the molecule is CC1=CC(C)(C)N(C)c2cc(Cl)c(/C=C3\C(=O)NC(=S)N(c4cccc(Br)c4)C3=O)cc21. The molecule has 2 amide bonds. The Morgan fingerprint density at radius 2 is 1.91 bits per heavy atom. The van der Waals surface area contributed by atoms with E-state index in [0.29, 0.717) is 16.3 Å². The maximum absolute atomic E-state index is 13.3. The fourth-order valence-corrected chi connectivity index (χ4v) is 4.84. The first-order valence-electron chi connectivity index (χ1n) is 9.94. The number of carbonyl (C=O) groups is 2. The number of fused-ring (bicyclic) bond motifs is 1. The first-order chi connectivity index (χ1) is 15.0. The van der Waals surface area contributed by atoms with Crippen molar-refractivity contribution in [3.05, 3.63) is 68.7 Å². The number of thiocarbonyl (C=S) groups is 1. The highest BCUT2D eigenvalue weighted by molar-refractivity contribution is 9.10. The van der Waals surface area contributed by atoms with Crippen molar-refractivity contribution in [1.29, 1.82) is 0 Å². The molecule has 0 bridgehead atoms. The van der Waals surface area contributed by atoms with Crippen molar-refractivity contribution in [1.82, 2.24) is 5.32 Å². The molecular formula is C24H21BrClN3O2S. The van der Waals surface area contributed by atoms with Crippen molar-refractivity contribution in [2.75, 3.05) is 16.8 Å². The van der Waals surface area contributed by atoms with Gasteiger partial charge in [0.2, 0.25) is 0 Å². The average molecular weight is 531 g/mol. The molecule has 0 saturated carbocycles. The summed E-state index contributed by atoms with van der Waals surface area (Å²) < 4.78 is 0.792. The van der Waals surface area contributed by atoms with Crippen LogP contribution >= 0.6 is 39.7 Å². The second-order valence-corrected chi connectivity index (χ2v) is 10.1. The molecule has 32 heavy (non-hydrogen) atoms. The predicted octanol–water partition coefficient (Wildman–Crippen LogP) is 5.57. The van der Waals surface area contributed by atoms with Crippen LogP contribution in [0.5, 0.6) is 0 Å². The summed E-state index contributed by atoms with van der Waals surface area (Å²) in [6.45, 7) is 6.31. The number of amides is 2. The molecule has 1 fully saturated rings. The Morgan fingerprint density at radius 1 is 1.19 bits per heavy atom. The summed E-state index contributed by atoms with van der Waals surface area (Å²) in [5.74, 6) is -1.05. The Hall–Kier alpha value is -2.48. The predicted molar refractivity (Wildman–Crippen MR) is 138 cm³/mol. The van der Waals surface area contributed by atoms with Crippen LogP contribution in [-0.2, 0) is 9.59 Å². The molecule has 0 atom stereocenters. The lowest BCUT2D eigenvalue weighted by Crippen LogP contribution is -2.54. The number of carbonyl (C=O) groups excluding carboxylic acids is 2. The molecule has 2 aliphatic rings. The Labute approximate surface area is 205 Å². The van der Waals surface area contributed by atoms with Gasteiger partial charge in [0.15, 0.2) is 5.11 Å². The first-order valence-corrected chi connectivity index (χ1v) is 11.5. The van der Waals surface area contributed by atoms with Crippen LogP contribution in [0.4, 0.5) is 11.4 Å². The number of benzene rings is 2. The topological polar surface area (TPSA) is 52.7 Å². The summed E-state index contributed by atoms with van der Waals surface area (Å²) >= 11 is 15.3. The van der Waals surface area contributed by atoms with E-state index < -0.39 is 11.8 Å². The molecular weight excluding hydrogens is 510 g/mol. The van der Waals surface area contributed by atoms with Crippen molar-refractivity contribution < 1.29 is 9.59 Å². The highest BCUT2D eigenvalue weighted by atomic mass is 79.9. The third-order valence-electron chi connectivity index (χ3n) is 5.80. The van der Waals surface area contributed by atoms with Gasteiger partial charge in [-0.2, -0.15) is 0 Å². The van der Waals surface area contributed by atoms with Crippen molar-refractivity contribution in [2.45, 2.75) is 26.3 Å². The van der Waals surface area contributed by atoms with Crippen molar-refractivity contribution in [3.8, 4) is 0 Å². The molecule has 0 unspecified atom stereocenters. The minimum Gasteiger partial charge on any atom is -0.365 e. The third-order valence-corrected chi connectivity index (χ3v) is 6.91. The number of rotatable bonds is 2. The number of anilines is 2. The molecule has 2 heterocycles. The van der Waals surface area contributed by atoms with Gasteiger partial charge in [-0.1, -0.05) is 39.7 Å². The zero-order valence-electron chi connectivity index (χ0n) is 18.0. The van der Waals surface area contributed by atoms with E-state index in [1.807, 2.05) is 32.2 Å². The number of hydrogen-bond donors (Lipinski definition) is 1. The smallest absolute Gasteiger partial charge is 0.270 e. The van der Waals surface area contributed by atoms with E-state index in [2.05, 4.69) is 46.1 Å². The maximum atomic E-state index is 13.3. The Morgan fingerprint density at radius 3 is 2.59 bits per heavy atom. The molecule has 0 aromatic heterocycles. The molecule has 5 nitrogen and oxygen atoms in total. The number of halogens is 2. The Bertz CT molecular complexity index is 1250. The van der Waals surface area contributed by atoms with Crippen LogP contribution in [0.15, 0.2) is 52.5 Å². The summed E-state index contributed by atoms with van der Waals surface area (Å²) in [5.41, 5.74) is 4.07. The van der Waals surface area contributed by atoms with Gasteiger partial charge >= 0.3 is 0 Å². The molecule has 2 aliphatic heterocycles. The standard InChI is InChI=1S/C24H21BrClN3O2S/c1-13-12-24(2,3)28(4)20-11-19(26)14(8-17(13)20)9-18-21(30)27-23(32)29(22(18)31)16-7-5-6-15(25)10-16/h5-12H,1-4H3,(H,27,30,32)/b18-9+. The van der Waals surface area contributed by atoms with Gasteiger partial charge < -0.3 is 4.90 Å². The zero-order valence-corrected chi connectivity index (χ0v) is 21.2. The Balaban J connectivity index is 1.80. The fraction of sp³-hybridized carbons (Fsp3) is 0.208. The highest BCUT2D eigenvalue weighted by Crippen LogP contribution is 2.41. The fourth-order valence-electron chi connectivity index (χ4n) is 3.96. The van der Waals surface area contributed by atoms with Gasteiger partial charge in [-0.05, 0) is 80.5 Å². The normalized spacial score (nSPS) is 19.1. The molecule has 164 valence electrons. The second kappa shape index (κ2) is 8.14. The van der Waals surface area contributed by atoms with E-state index in [-0.39, 0.29) is 16.2 Å². The summed E-state index contributed by atoms with van der Waals surface area (Å²) in [6.07, 6.45) is 3.71. The molecule has 1 saturated heterocycles. The largest absolute Gasteiger partial charge is 0.365 e. The van der Waals surface area contributed by atoms with Gasteiger partial charge in [0.25, 0.3) is 11.8 Å². The maximum Gasteiger partial charge on any atom is 0.270 e. The molecule has 2 aromatic rings. The van der Waals surface area contributed by atoms with Gasteiger partial charge in [-0.3, -0.25) is 19.8 Å². The number of nitrogens with one attached hydrogen (secondary N) is 1. The second-order valence-electron chi connectivity index (χ2n) is 8.37. The van der Waals surface area contributed by atoms with Crippen LogP contribution in [-0.4, -0.2) is 29.5 Å². The summed E-state index contributed by atoms with van der Waals surface area (Å²) in [4.78, 5) is 29.4. The molecule has 0 aliphatic carbocycles. The molecule has 0 radical (unpaired) electrons. The third kappa shape index (κ3) is 3.89. The van der Waals surface area contributed by atoms with E-state index in [1.165, 1.54) is 11.0 Å². The van der Waals surface area contributed by atoms with Crippen molar-refractivity contribution in [2.24, 2.45) is 0 Å². The van der Waals surface area contributed by atoms with Crippen LogP contribution in [0.1, 0.15) is 31.9 Å². The minimum absolute atomic E-state index is 0.0356. The van der Waals surface area contributed by atoms with E-state index in [0.717, 1.165) is 21.3 Å².